The summed E-state index contributed by atoms with van der Waals surface area (Å²) in [5, 5.41) is 4.16. The molecule has 144 valence electrons. The number of aromatic nitrogens is 3. The van der Waals surface area contributed by atoms with Gasteiger partial charge in [0.2, 0.25) is 0 Å². The van der Waals surface area contributed by atoms with Gasteiger partial charge in [-0.2, -0.15) is 0 Å². The second-order valence-electron chi connectivity index (χ2n) is 6.84. The van der Waals surface area contributed by atoms with Crippen LogP contribution >= 0.6 is 12.2 Å². The SMILES string of the molecule is S=C1N[C@H](c2ccccn2)[C@H](c2cccn2-c2ccncc2)N1Cc1ccco1. The van der Waals surface area contributed by atoms with Gasteiger partial charge in [0.15, 0.2) is 5.11 Å². The highest BCUT2D eigenvalue weighted by molar-refractivity contribution is 7.80. The summed E-state index contributed by atoms with van der Waals surface area (Å²) in [4.78, 5) is 10.9. The average Bonchev–Trinajstić information content (AvgIpc) is 3.51. The predicted octanol–water partition coefficient (Wildman–Crippen LogP) is 4.03. The van der Waals surface area contributed by atoms with E-state index in [0.717, 1.165) is 22.8 Å². The first-order valence-electron chi connectivity index (χ1n) is 9.39. The Morgan fingerprint density at radius 2 is 1.90 bits per heavy atom. The van der Waals surface area contributed by atoms with Gasteiger partial charge in [0.25, 0.3) is 0 Å². The summed E-state index contributed by atoms with van der Waals surface area (Å²) in [5.41, 5.74) is 3.12. The van der Waals surface area contributed by atoms with Crippen molar-refractivity contribution in [2.45, 2.75) is 18.6 Å². The van der Waals surface area contributed by atoms with Crippen LogP contribution in [0.15, 0.2) is 90.1 Å². The third-order valence-electron chi connectivity index (χ3n) is 5.13. The number of rotatable bonds is 5. The van der Waals surface area contributed by atoms with Crippen molar-refractivity contribution in [2.75, 3.05) is 0 Å². The fraction of sp³-hybridized carbons (Fsp3) is 0.136. The number of hydrogen-bond donors (Lipinski definition) is 1. The Bertz CT molecular complexity index is 1090. The van der Waals surface area contributed by atoms with Crippen molar-refractivity contribution in [2.24, 2.45) is 0 Å². The second kappa shape index (κ2) is 7.52. The van der Waals surface area contributed by atoms with E-state index in [4.69, 9.17) is 16.6 Å². The maximum absolute atomic E-state index is 5.73. The van der Waals surface area contributed by atoms with Crippen LogP contribution in [-0.2, 0) is 6.54 Å². The number of furan rings is 1. The Morgan fingerprint density at radius 1 is 1.00 bits per heavy atom. The summed E-state index contributed by atoms with van der Waals surface area (Å²) in [6.45, 7) is 0.578. The van der Waals surface area contributed by atoms with Crippen LogP contribution < -0.4 is 5.32 Å². The molecule has 0 aliphatic carbocycles. The minimum atomic E-state index is -0.0749. The van der Waals surface area contributed by atoms with Gasteiger partial charge < -0.3 is 19.2 Å². The molecule has 0 aromatic carbocycles. The van der Waals surface area contributed by atoms with Gasteiger partial charge in [-0.25, -0.2) is 0 Å². The van der Waals surface area contributed by atoms with Crippen LogP contribution in [0.2, 0.25) is 0 Å². The van der Waals surface area contributed by atoms with Crippen molar-refractivity contribution in [1.82, 2.24) is 24.8 Å². The van der Waals surface area contributed by atoms with Crippen LogP contribution in [0.25, 0.3) is 5.69 Å². The van der Waals surface area contributed by atoms with Crippen molar-refractivity contribution in [3.63, 3.8) is 0 Å². The molecule has 0 saturated carbocycles. The van der Waals surface area contributed by atoms with E-state index < -0.39 is 0 Å². The molecule has 0 spiro atoms. The molecule has 5 heterocycles. The van der Waals surface area contributed by atoms with Crippen molar-refractivity contribution >= 4 is 17.3 Å². The lowest BCUT2D eigenvalue weighted by Gasteiger charge is -2.28. The molecule has 0 bridgehead atoms. The summed E-state index contributed by atoms with van der Waals surface area (Å²) in [5.74, 6) is 0.864. The molecule has 4 aromatic heterocycles. The molecule has 1 N–H and O–H groups in total. The maximum atomic E-state index is 5.73. The monoisotopic (exact) mass is 401 g/mol. The lowest BCUT2D eigenvalue weighted by atomic mass is 10.0. The van der Waals surface area contributed by atoms with E-state index in [0.29, 0.717) is 11.7 Å². The topological polar surface area (TPSA) is 59.1 Å². The molecule has 7 heteroatoms. The number of thiocarbonyl (C=S) groups is 1. The van der Waals surface area contributed by atoms with Gasteiger partial charge in [-0.05, 0) is 60.7 Å². The Labute approximate surface area is 173 Å². The molecule has 0 radical (unpaired) electrons. The summed E-state index contributed by atoms with van der Waals surface area (Å²) in [6, 6.07) is 17.9. The zero-order valence-corrected chi connectivity index (χ0v) is 16.4. The normalized spacial score (nSPS) is 18.8. The van der Waals surface area contributed by atoms with E-state index in [2.05, 4.69) is 43.1 Å². The van der Waals surface area contributed by atoms with E-state index in [1.807, 2.05) is 48.7 Å². The molecule has 1 fully saturated rings. The highest BCUT2D eigenvalue weighted by Crippen LogP contribution is 2.40. The first kappa shape index (κ1) is 17.6. The molecule has 1 aliphatic heterocycles. The first-order chi connectivity index (χ1) is 14.3. The third-order valence-corrected chi connectivity index (χ3v) is 5.48. The molecule has 2 atom stereocenters. The van der Waals surface area contributed by atoms with Crippen LogP contribution in [0.5, 0.6) is 0 Å². The van der Waals surface area contributed by atoms with Crippen molar-refractivity contribution in [3.8, 4) is 5.69 Å². The fourth-order valence-corrected chi connectivity index (χ4v) is 4.15. The zero-order chi connectivity index (χ0) is 19.6. The molecule has 0 amide bonds. The standard InChI is InChI=1S/C22H19N5OS/c29-22-25-20(18-6-1-2-10-24-18)21(27(22)15-17-5-4-14-28-17)19-7-3-13-26(19)16-8-11-23-12-9-16/h1-14,20-21H,15H2,(H,25,29)/t20-,21+/m1/s1. The molecule has 29 heavy (non-hydrogen) atoms. The summed E-state index contributed by atoms with van der Waals surface area (Å²) in [6.07, 6.45) is 9.16. The predicted molar refractivity (Wildman–Crippen MR) is 113 cm³/mol. The highest BCUT2D eigenvalue weighted by Gasteiger charge is 2.41. The quantitative estimate of drug-likeness (QED) is 0.510. The van der Waals surface area contributed by atoms with Gasteiger partial charge in [-0.15, -0.1) is 0 Å². The lowest BCUT2D eigenvalue weighted by molar-refractivity contribution is 0.280. The van der Waals surface area contributed by atoms with E-state index in [9.17, 15) is 0 Å². The van der Waals surface area contributed by atoms with Crippen molar-refractivity contribution in [1.29, 1.82) is 0 Å². The van der Waals surface area contributed by atoms with E-state index in [1.165, 1.54) is 0 Å². The smallest absolute Gasteiger partial charge is 0.170 e. The van der Waals surface area contributed by atoms with E-state index in [-0.39, 0.29) is 12.1 Å². The van der Waals surface area contributed by atoms with Gasteiger partial charge in [-0.3, -0.25) is 9.97 Å². The first-order valence-corrected chi connectivity index (χ1v) is 9.80. The lowest BCUT2D eigenvalue weighted by Crippen LogP contribution is -2.29. The van der Waals surface area contributed by atoms with Crippen molar-refractivity contribution in [3.05, 3.63) is 103 Å². The maximum Gasteiger partial charge on any atom is 0.170 e. The van der Waals surface area contributed by atoms with Crippen molar-refractivity contribution < 1.29 is 4.42 Å². The van der Waals surface area contributed by atoms with Crippen LogP contribution in [0.3, 0.4) is 0 Å². The molecule has 1 saturated heterocycles. The fourth-order valence-electron chi connectivity index (χ4n) is 3.84. The second-order valence-corrected chi connectivity index (χ2v) is 7.23. The Balaban J connectivity index is 1.61. The number of nitrogens with zero attached hydrogens (tertiary/aromatic N) is 4. The molecular weight excluding hydrogens is 382 g/mol. The zero-order valence-electron chi connectivity index (χ0n) is 15.6. The minimum Gasteiger partial charge on any atom is -0.467 e. The number of hydrogen-bond acceptors (Lipinski definition) is 4. The summed E-state index contributed by atoms with van der Waals surface area (Å²) < 4.78 is 7.78. The van der Waals surface area contributed by atoms with Gasteiger partial charge >= 0.3 is 0 Å². The highest BCUT2D eigenvalue weighted by atomic mass is 32.1. The number of pyridine rings is 2. The van der Waals surface area contributed by atoms with Crippen LogP contribution in [-0.4, -0.2) is 24.5 Å². The summed E-state index contributed by atoms with van der Waals surface area (Å²) in [7, 11) is 0. The molecule has 1 aliphatic rings. The van der Waals surface area contributed by atoms with Crippen LogP contribution in [0.1, 0.15) is 29.2 Å². The van der Waals surface area contributed by atoms with E-state index in [1.54, 1.807) is 18.7 Å². The molecule has 0 unspecified atom stereocenters. The number of nitrogens with one attached hydrogen (secondary N) is 1. The van der Waals surface area contributed by atoms with Crippen LogP contribution in [0.4, 0.5) is 0 Å². The minimum absolute atomic E-state index is 0.0503. The van der Waals surface area contributed by atoms with Gasteiger partial charge in [0, 0.05) is 36.2 Å². The van der Waals surface area contributed by atoms with Gasteiger partial charge in [-0.1, -0.05) is 6.07 Å². The largest absolute Gasteiger partial charge is 0.467 e. The molecule has 4 aromatic rings. The Hall–Kier alpha value is -3.45. The Kier molecular flexibility index (Phi) is 4.57. The Morgan fingerprint density at radius 3 is 2.66 bits per heavy atom. The summed E-state index contributed by atoms with van der Waals surface area (Å²) >= 11 is 5.73. The van der Waals surface area contributed by atoms with Gasteiger partial charge in [0.1, 0.15) is 5.76 Å². The molecular formula is C22H19N5OS. The molecule has 6 nitrogen and oxygen atoms in total. The molecule has 5 rings (SSSR count). The van der Waals surface area contributed by atoms with Crippen LogP contribution in [0, 0.1) is 0 Å². The van der Waals surface area contributed by atoms with E-state index >= 15 is 0 Å². The average molecular weight is 401 g/mol. The van der Waals surface area contributed by atoms with Gasteiger partial charge in [0.05, 0.1) is 30.6 Å². The third kappa shape index (κ3) is 3.30.